The average Bonchev–Trinajstić information content (AvgIpc) is 2.98. The fourth-order valence-corrected chi connectivity index (χ4v) is 4.88. The van der Waals surface area contributed by atoms with E-state index in [4.69, 9.17) is 9.47 Å². The molecule has 0 saturated heterocycles. The molecule has 242 valence electrons. The summed E-state index contributed by atoms with van der Waals surface area (Å²) in [5.41, 5.74) is 2.28. The normalized spacial score (nSPS) is 11.5. The average molecular weight is 609 g/mol. The van der Waals surface area contributed by atoms with Crippen molar-refractivity contribution < 1.29 is 29.3 Å². The van der Waals surface area contributed by atoms with Gasteiger partial charge in [0.2, 0.25) is 11.8 Å². The largest absolute Gasteiger partial charge is 0.504 e. The molecule has 8 heteroatoms. The monoisotopic (exact) mass is 608 g/mol. The number of allylic oxidation sites excluding steroid dienone is 4. The van der Waals surface area contributed by atoms with Crippen LogP contribution in [-0.2, 0) is 22.7 Å². The van der Waals surface area contributed by atoms with Crippen molar-refractivity contribution in [1.82, 2.24) is 10.6 Å². The maximum atomic E-state index is 12.7. The van der Waals surface area contributed by atoms with Gasteiger partial charge >= 0.3 is 0 Å². The first-order valence-electron chi connectivity index (χ1n) is 15.7. The SMILES string of the molecule is COc1c(O)ccc(CNC(=O)CCCC/C=C/C(C)C)c1-c1c(CNC(=O)CCCC/C=C/C(C)C)ccc(O)c1OC. The lowest BCUT2D eigenvalue weighted by Gasteiger charge is -2.21. The number of unbranched alkanes of at least 4 members (excludes halogenated alkanes) is 4. The first-order chi connectivity index (χ1) is 21.1. The molecule has 0 bridgehead atoms. The van der Waals surface area contributed by atoms with Crippen molar-refractivity contribution in [2.45, 2.75) is 92.2 Å². The molecule has 2 aromatic carbocycles. The number of amides is 2. The van der Waals surface area contributed by atoms with Gasteiger partial charge < -0.3 is 30.3 Å². The Hall–Kier alpha value is -3.94. The second kappa shape index (κ2) is 19.4. The quantitative estimate of drug-likeness (QED) is 0.0966. The molecule has 0 aliphatic carbocycles. The molecular weight excluding hydrogens is 556 g/mol. The summed E-state index contributed by atoms with van der Waals surface area (Å²) in [4.78, 5) is 25.4. The van der Waals surface area contributed by atoms with Crippen molar-refractivity contribution in [2.75, 3.05) is 14.2 Å². The van der Waals surface area contributed by atoms with Crippen LogP contribution in [0.15, 0.2) is 48.6 Å². The molecule has 0 radical (unpaired) electrons. The van der Waals surface area contributed by atoms with E-state index in [2.05, 4.69) is 62.6 Å². The van der Waals surface area contributed by atoms with E-state index in [-0.39, 0.29) is 47.9 Å². The Morgan fingerprint density at radius 3 is 1.41 bits per heavy atom. The van der Waals surface area contributed by atoms with Crippen LogP contribution in [0.5, 0.6) is 23.0 Å². The number of nitrogens with one attached hydrogen (secondary N) is 2. The summed E-state index contributed by atoms with van der Waals surface area (Å²) in [5, 5.41) is 27.4. The number of carbonyl (C=O) groups excluding carboxylic acids is 2. The van der Waals surface area contributed by atoms with Crippen LogP contribution in [0, 0.1) is 11.8 Å². The number of ether oxygens (including phenoxy) is 2. The zero-order chi connectivity index (χ0) is 32.5. The molecule has 0 unspecified atom stereocenters. The van der Waals surface area contributed by atoms with Crippen LogP contribution in [0.4, 0.5) is 0 Å². The lowest BCUT2D eigenvalue weighted by atomic mass is 9.92. The lowest BCUT2D eigenvalue weighted by Crippen LogP contribution is -2.24. The molecule has 44 heavy (non-hydrogen) atoms. The smallest absolute Gasteiger partial charge is 0.220 e. The van der Waals surface area contributed by atoms with Gasteiger partial charge in [-0.1, -0.05) is 64.1 Å². The Kier molecular flexibility index (Phi) is 16.0. The molecule has 2 amide bonds. The number of rotatable bonds is 19. The molecule has 2 aromatic rings. The van der Waals surface area contributed by atoms with E-state index in [0.717, 1.165) is 38.5 Å². The maximum Gasteiger partial charge on any atom is 0.220 e. The molecule has 0 spiro atoms. The summed E-state index contributed by atoms with van der Waals surface area (Å²) >= 11 is 0. The van der Waals surface area contributed by atoms with Crippen LogP contribution in [0.3, 0.4) is 0 Å². The van der Waals surface area contributed by atoms with E-state index in [1.165, 1.54) is 26.4 Å². The highest BCUT2D eigenvalue weighted by Crippen LogP contribution is 2.48. The Balaban J connectivity index is 2.23. The van der Waals surface area contributed by atoms with Crippen molar-refractivity contribution in [3.05, 3.63) is 59.7 Å². The second-order valence-electron chi connectivity index (χ2n) is 11.7. The summed E-state index contributed by atoms with van der Waals surface area (Å²) < 4.78 is 11.2. The van der Waals surface area contributed by atoms with Gasteiger partial charge in [0.05, 0.1) is 14.2 Å². The minimum Gasteiger partial charge on any atom is -0.504 e. The van der Waals surface area contributed by atoms with Gasteiger partial charge in [-0.25, -0.2) is 0 Å². The number of aromatic hydroxyl groups is 2. The summed E-state index contributed by atoms with van der Waals surface area (Å²) in [5.74, 6) is 1.04. The number of phenolic OH excluding ortho intramolecular Hbond substituents is 2. The van der Waals surface area contributed by atoms with Gasteiger partial charge in [0, 0.05) is 37.1 Å². The number of hydrogen-bond acceptors (Lipinski definition) is 6. The fraction of sp³-hybridized carbons (Fsp3) is 0.500. The third-order valence-corrected chi connectivity index (χ3v) is 7.15. The van der Waals surface area contributed by atoms with Crippen molar-refractivity contribution in [1.29, 1.82) is 0 Å². The Bertz CT molecular complexity index is 1170. The number of methoxy groups -OCH3 is 2. The van der Waals surface area contributed by atoms with Crippen LogP contribution in [0.2, 0.25) is 0 Å². The van der Waals surface area contributed by atoms with Crippen LogP contribution in [0.1, 0.15) is 90.2 Å². The van der Waals surface area contributed by atoms with Crippen LogP contribution < -0.4 is 20.1 Å². The molecular formula is C36H52N2O6. The summed E-state index contributed by atoms with van der Waals surface area (Å²) in [6, 6.07) is 6.45. The van der Waals surface area contributed by atoms with Crippen molar-refractivity contribution >= 4 is 11.8 Å². The third-order valence-electron chi connectivity index (χ3n) is 7.15. The molecule has 2 rings (SSSR count). The van der Waals surface area contributed by atoms with Crippen LogP contribution >= 0.6 is 0 Å². The van der Waals surface area contributed by atoms with E-state index in [0.29, 0.717) is 46.9 Å². The standard InChI is InChI=1S/C36H52N2O6/c1-25(2)15-11-7-9-13-17-31(41)37-23-27-19-21-29(39)35(43-5)33(27)34-28(20-22-30(40)36(34)44-6)24-38-32(42)18-14-10-8-12-16-26(3)4/h11-12,15-16,19-22,25-26,39-40H,7-10,13-14,17-18,23-24H2,1-6H3,(H,37,41)(H,38,42)/b15-11+,16-12+. The van der Waals surface area contributed by atoms with Crippen LogP contribution in [-0.4, -0.2) is 36.2 Å². The molecule has 0 aliphatic heterocycles. The molecule has 8 nitrogen and oxygen atoms in total. The molecule has 0 atom stereocenters. The zero-order valence-corrected chi connectivity index (χ0v) is 27.4. The van der Waals surface area contributed by atoms with Crippen LogP contribution in [0.25, 0.3) is 11.1 Å². The summed E-state index contributed by atoms with van der Waals surface area (Å²) in [6.45, 7) is 8.90. The highest BCUT2D eigenvalue weighted by molar-refractivity contribution is 5.86. The zero-order valence-electron chi connectivity index (χ0n) is 27.4. The van der Waals surface area contributed by atoms with E-state index >= 15 is 0 Å². The Morgan fingerprint density at radius 2 is 1.07 bits per heavy atom. The highest BCUT2D eigenvalue weighted by atomic mass is 16.5. The van der Waals surface area contributed by atoms with Crippen molar-refractivity contribution in [3.8, 4) is 34.1 Å². The first-order valence-corrected chi connectivity index (χ1v) is 15.7. The lowest BCUT2D eigenvalue weighted by molar-refractivity contribution is -0.122. The maximum absolute atomic E-state index is 12.7. The van der Waals surface area contributed by atoms with Gasteiger partial charge in [-0.3, -0.25) is 9.59 Å². The summed E-state index contributed by atoms with van der Waals surface area (Å²) in [7, 11) is 2.89. The van der Waals surface area contributed by atoms with Crippen molar-refractivity contribution in [3.63, 3.8) is 0 Å². The van der Waals surface area contributed by atoms with E-state index in [9.17, 15) is 19.8 Å². The van der Waals surface area contributed by atoms with Gasteiger partial charge in [-0.2, -0.15) is 0 Å². The topological polar surface area (TPSA) is 117 Å². The molecule has 0 heterocycles. The minimum absolute atomic E-state index is 0.0779. The van der Waals surface area contributed by atoms with Gasteiger partial charge in [0.25, 0.3) is 0 Å². The Labute approximate surface area is 263 Å². The molecule has 0 saturated carbocycles. The predicted octanol–water partition coefficient (Wildman–Crippen LogP) is 7.56. The van der Waals surface area contributed by atoms with Gasteiger partial charge in [0.15, 0.2) is 23.0 Å². The van der Waals surface area contributed by atoms with Crippen molar-refractivity contribution in [2.24, 2.45) is 11.8 Å². The van der Waals surface area contributed by atoms with Gasteiger partial charge in [0.1, 0.15) is 0 Å². The van der Waals surface area contributed by atoms with E-state index < -0.39 is 0 Å². The van der Waals surface area contributed by atoms with E-state index in [1.54, 1.807) is 12.1 Å². The number of hydrogen-bond donors (Lipinski definition) is 4. The third kappa shape index (κ3) is 12.0. The molecule has 0 aliphatic rings. The highest BCUT2D eigenvalue weighted by Gasteiger charge is 2.24. The Morgan fingerprint density at radius 1 is 0.682 bits per heavy atom. The second-order valence-corrected chi connectivity index (χ2v) is 11.7. The fourth-order valence-electron chi connectivity index (χ4n) is 4.88. The predicted molar refractivity (Wildman–Crippen MR) is 177 cm³/mol. The first kappa shape index (κ1) is 36.3. The number of benzene rings is 2. The molecule has 0 fully saturated rings. The summed E-state index contributed by atoms with van der Waals surface area (Å²) in [6.07, 6.45) is 14.8. The number of phenols is 2. The molecule has 0 aromatic heterocycles. The number of carbonyl (C=O) groups is 2. The van der Waals surface area contributed by atoms with E-state index in [1.807, 2.05) is 0 Å². The van der Waals surface area contributed by atoms with Gasteiger partial charge in [-0.15, -0.1) is 0 Å². The minimum atomic E-state index is -0.0982. The molecule has 4 N–H and O–H groups in total. The van der Waals surface area contributed by atoms with Gasteiger partial charge in [-0.05, 0) is 73.6 Å².